The summed E-state index contributed by atoms with van der Waals surface area (Å²) in [4.78, 5) is 16.9. The number of amides is 1. The zero-order valence-corrected chi connectivity index (χ0v) is 13.9. The van der Waals surface area contributed by atoms with Crippen LogP contribution in [0, 0.1) is 13.8 Å². The molecule has 0 atom stereocenters. The van der Waals surface area contributed by atoms with Gasteiger partial charge in [0, 0.05) is 23.9 Å². The minimum absolute atomic E-state index is 0.0631. The van der Waals surface area contributed by atoms with E-state index in [1.165, 1.54) is 5.56 Å². The van der Waals surface area contributed by atoms with E-state index in [0.29, 0.717) is 12.1 Å². The predicted molar refractivity (Wildman–Crippen MR) is 96.8 cm³/mol. The van der Waals surface area contributed by atoms with E-state index in [1.54, 1.807) is 6.20 Å². The van der Waals surface area contributed by atoms with Crippen molar-refractivity contribution in [2.45, 2.75) is 20.4 Å². The molecular weight excluding hydrogens is 296 g/mol. The number of pyridine rings is 1. The first-order chi connectivity index (χ1) is 11.6. The molecule has 24 heavy (non-hydrogen) atoms. The van der Waals surface area contributed by atoms with Gasteiger partial charge in [0.15, 0.2) is 0 Å². The smallest absolute Gasteiger partial charge is 0.251 e. The molecule has 0 fully saturated rings. The molecule has 0 saturated carbocycles. The fourth-order valence-corrected chi connectivity index (χ4v) is 2.65. The van der Waals surface area contributed by atoms with Gasteiger partial charge in [0.1, 0.15) is 0 Å². The lowest BCUT2D eigenvalue weighted by atomic mass is 10.0. The van der Waals surface area contributed by atoms with Gasteiger partial charge in [0.2, 0.25) is 0 Å². The molecule has 0 bridgehead atoms. The molecule has 120 valence electrons. The van der Waals surface area contributed by atoms with Gasteiger partial charge in [0.25, 0.3) is 5.91 Å². The maximum Gasteiger partial charge on any atom is 0.251 e. The van der Waals surface area contributed by atoms with Gasteiger partial charge < -0.3 is 5.32 Å². The third-order valence-electron chi connectivity index (χ3n) is 4.05. The first-order valence-corrected chi connectivity index (χ1v) is 8.00. The lowest BCUT2D eigenvalue weighted by Crippen LogP contribution is -2.24. The minimum Gasteiger partial charge on any atom is -0.348 e. The number of carbonyl (C=O) groups excluding carboxylic acids is 1. The highest BCUT2D eigenvalue weighted by Gasteiger charge is 2.10. The summed E-state index contributed by atoms with van der Waals surface area (Å²) in [5.74, 6) is -0.0631. The molecule has 1 N–H and O–H groups in total. The molecule has 2 aromatic carbocycles. The summed E-state index contributed by atoms with van der Waals surface area (Å²) in [6.45, 7) is 4.45. The number of aryl methyl sites for hydroxylation is 2. The molecule has 0 spiro atoms. The van der Waals surface area contributed by atoms with Gasteiger partial charge in [-0.1, -0.05) is 54.1 Å². The average molecular weight is 316 g/mol. The highest BCUT2D eigenvalue weighted by Crippen LogP contribution is 2.21. The van der Waals surface area contributed by atoms with Gasteiger partial charge in [-0.2, -0.15) is 0 Å². The van der Waals surface area contributed by atoms with Crippen molar-refractivity contribution in [3.8, 4) is 11.3 Å². The molecule has 0 unspecified atom stereocenters. The van der Waals surface area contributed by atoms with Crippen LogP contribution >= 0.6 is 0 Å². The van der Waals surface area contributed by atoms with Crippen LogP contribution in [0.15, 0.2) is 66.9 Å². The van der Waals surface area contributed by atoms with E-state index in [1.807, 2.05) is 43.3 Å². The van der Waals surface area contributed by atoms with Gasteiger partial charge in [-0.15, -0.1) is 0 Å². The summed E-state index contributed by atoms with van der Waals surface area (Å²) in [7, 11) is 0. The van der Waals surface area contributed by atoms with Crippen LogP contribution in [0.25, 0.3) is 11.3 Å². The Morgan fingerprint density at radius 1 is 0.958 bits per heavy atom. The summed E-state index contributed by atoms with van der Waals surface area (Å²) in [6.07, 6.45) is 1.78. The summed E-state index contributed by atoms with van der Waals surface area (Å²) >= 11 is 0. The summed E-state index contributed by atoms with van der Waals surface area (Å²) < 4.78 is 0. The number of hydrogen-bond acceptors (Lipinski definition) is 2. The number of aromatic nitrogens is 1. The molecule has 1 aromatic heterocycles. The van der Waals surface area contributed by atoms with Crippen molar-refractivity contribution >= 4 is 5.91 Å². The summed E-state index contributed by atoms with van der Waals surface area (Å²) in [6, 6.07) is 19.7. The molecule has 0 aliphatic rings. The maximum absolute atomic E-state index is 12.4. The average Bonchev–Trinajstić information content (AvgIpc) is 2.61. The molecule has 0 saturated heterocycles. The van der Waals surface area contributed by atoms with Crippen LogP contribution in [0.2, 0.25) is 0 Å². The Morgan fingerprint density at radius 2 is 1.71 bits per heavy atom. The van der Waals surface area contributed by atoms with Crippen LogP contribution in [-0.2, 0) is 6.54 Å². The highest BCUT2D eigenvalue weighted by atomic mass is 16.1. The molecule has 1 amide bonds. The predicted octanol–water partition coefficient (Wildman–Crippen LogP) is 4.30. The molecule has 0 radical (unpaired) electrons. The van der Waals surface area contributed by atoms with Gasteiger partial charge in [0.05, 0.1) is 5.69 Å². The van der Waals surface area contributed by atoms with E-state index >= 15 is 0 Å². The van der Waals surface area contributed by atoms with Crippen LogP contribution in [-0.4, -0.2) is 10.9 Å². The van der Waals surface area contributed by atoms with Crippen LogP contribution < -0.4 is 5.32 Å². The van der Waals surface area contributed by atoms with E-state index in [-0.39, 0.29) is 5.91 Å². The van der Waals surface area contributed by atoms with Crippen molar-refractivity contribution < 1.29 is 4.79 Å². The number of rotatable bonds is 4. The number of nitrogens with zero attached hydrogens (tertiary/aromatic N) is 1. The molecule has 3 rings (SSSR count). The fraction of sp³-hybridized carbons (Fsp3) is 0.143. The molecule has 0 aliphatic heterocycles. The Labute approximate surface area is 142 Å². The minimum atomic E-state index is -0.0631. The Hall–Kier alpha value is -2.94. The molecule has 0 aliphatic carbocycles. The van der Waals surface area contributed by atoms with Crippen LogP contribution in [0.5, 0.6) is 0 Å². The highest BCUT2D eigenvalue weighted by molar-refractivity contribution is 5.95. The van der Waals surface area contributed by atoms with Crippen LogP contribution in [0.4, 0.5) is 0 Å². The lowest BCUT2D eigenvalue weighted by molar-refractivity contribution is 0.0950. The van der Waals surface area contributed by atoms with Crippen molar-refractivity contribution in [2.24, 2.45) is 0 Å². The van der Waals surface area contributed by atoms with E-state index in [2.05, 4.69) is 41.5 Å². The Morgan fingerprint density at radius 3 is 2.46 bits per heavy atom. The Balaban J connectivity index is 1.80. The largest absolute Gasteiger partial charge is 0.348 e. The number of carbonyl (C=O) groups is 1. The van der Waals surface area contributed by atoms with E-state index < -0.39 is 0 Å². The van der Waals surface area contributed by atoms with E-state index in [4.69, 9.17) is 0 Å². The molecule has 3 nitrogen and oxygen atoms in total. The van der Waals surface area contributed by atoms with Crippen molar-refractivity contribution in [1.82, 2.24) is 10.3 Å². The number of hydrogen-bond donors (Lipinski definition) is 1. The van der Waals surface area contributed by atoms with Crippen LogP contribution in [0.1, 0.15) is 27.0 Å². The molecule has 3 heteroatoms. The topological polar surface area (TPSA) is 42.0 Å². The third-order valence-corrected chi connectivity index (χ3v) is 4.05. The standard InChI is InChI=1S/C21H20N2O/c1-15-9-11-17(12-10-15)20-18(7-5-13-22-20)14-23-21(24)19-8-4-3-6-16(19)2/h3-13H,14H2,1-2H3,(H,23,24). The van der Waals surface area contributed by atoms with Gasteiger partial charge in [-0.3, -0.25) is 9.78 Å². The zero-order chi connectivity index (χ0) is 16.9. The number of nitrogens with one attached hydrogen (secondary N) is 1. The first kappa shape index (κ1) is 15.9. The second-order valence-electron chi connectivity index (χ2n) is 5.87. The van der Waals surface area contributed by atoms with E-state index in [9.17, 15) is 4.79 Å². The molecular formula is C21H20N2O. The molecule has 3 aromatic rings. The number of benzene rings is 2. The van der Waals surface area contributed by atoms with E-state index in [0.717, 1.165) is 22.4 Å². The first-order valence-electron chi connectivity index (χ1n) is 8.00. The Bertz CT molecular complexity index is 854. The zero-order valence-electron chi connectivity index (χ0n) is 13.9. The Kier molecular flexibility index (Phi) is 4.71. The van der Waals surface area contributed by atoms with Crippen LogP contribution in [0.3, 0.4) is 0 Å². The maximum atomic E-state index is 12.4. The lowest BCUT2D eigenvalue weighted by Gasteiger charge is -2.11. The SMILES string of the molecule is Cc1ccc(-c2ncccc2CNC(=O)c2ccccc2C)cc1. The quantitative estimate of drug-likeness (QED) is 0.780. The van der Waals surface area contributed by atoms with Gasteiger partial charge >= 0.3 is 0 Å². The third kappa shape index (κ3) is 3.51. The summed E-state index contributed by atoms with van der Waals surface area (Å²) in [5, 5.41) is 3.00. The van der Waals surface area contributed by atoms with Gasteiger partial charge in [-0.25, -0.2) is 0 Å². The molecule has 1 heterocycles. The summed E-state index contributed by atoms with van der Waals surface area (Å²) in [5.41, 5.74) is 5.86. The fourth-order valence-electron chi connectivity index (χ4n) is 2.65. The van der Waals surface area contributed by atoms with Crippen molar-refractivity contribution in [2.75, 3.05) is 0 Å². The van der Waals surface area contributed by atoms with Crippen molar-refractivity contribution in [1.29, 1.82) is 0 Å². The van der Waals surface area contributed by atoms with Crippen molar-refractivity contribution in [3.63, 3.8) is 0 Å². The second-order valence-corrected chi connectivity index (χ2v) is 5.87. The van der Waals surface area contributed by atoms with Crippen molar-refractivity contribution in [3.05, 3.63) is 89.1 Å². The van der Waals surface area contributed by atoms with Gasteiger partial charge in [-0.05, 0) is 37.1 Å². The monoisotopic (exact) mass is 316 g/mol. The second kappa shape index (κ2) is 7.09. The normalized spacial score (nSPS) is 10.4.